The van der Waals surface area contributed by atoms with E-state index in [4.69, 9.17) is 4.74 Å². The van der Waals surface area contributed by atoms with Crippen LogP contribution in [0.15, 0.2) is 30.3 Å². The first kappa shape index (κ1) is 17.5. The van der Waals surface area contributed by atoms with Crippen molar-refractivity contribution in [2.24, 2.45) is 0 Å². The summed E-state index contributed by atoms with van der Waals surface area (Å²) in [5.41, 5.74) is 0.562. The zero-order valence-corrected chi connectivity index (χ0v) is 13.2. The summed E-state index contributed by atoms with van der Waals surface area (Å²) in [7, 11) is 1.15. The van der Waals surface area contributed by atoms with Gasteiger partial charge < -0.3 is 14.8 Å². The van der Waals surface area contributed by atoms with Crippen LogP contribution in [0.3, 0.4) is 0 Å². The second-order valence-corrected chi connectivity index (χ2v) is 5.12. The number of nitrogens with one attached hydrogen (secondary N) is 1. The molecule has 7 nitrogen and oxygen atoms in total. The van der Waals surface area contributed by atoms with E-state index in [0.717, 1.165) is 13.2 Å². The largest absolute Gasteiger partial charge is 0.466 e. The molecular weight excluding hydrogens is 319 g/mol. The summed E-state index contributed by atoms with van der Waals surface area (Å²) in [6.45, 7) is 1.80. The van der Waals surface area contributed by atoms with E-state index in [0.29, 0.717) is 5.69 Å². The van der Waals surface area contributed by atoms with Gasteiger partial charge in [0.15, 0.2) is 0 Å². The van der Waals surface area contributed by atoms with Gasteiger partial charge >= 0.3 is 12.1 Å². The van der Waals surface area contributed by atoms with Crippen molar-refractivity contribution in [1.29, 1.82) is 0 Å². The number of hydrogen-bond acceptors (Lipinski definition) is 5. The van der Waals surface area contributed by atoms with Crippen molar-refractivity contribution in [3.8, 4) is 0 Å². The van der Waals surface area contributed by atoms with E-state index >= 15 is 0 Å². The van der Waals surface area contributed by atoms with Crippen molar-refractivity contribution in [2.75, 3.05) is 25.1 Å². The highest BCUT2D eigenvalue weighted by atomic mass is 19.1. The Bertz CT molecular complexity index is 689. The molecule has 8 heteroatoms. The highest BCUT2D eigenvalue weighted by molar-refractivity contribution is 5.92. The van der Waals surface area contributed by atoms with Crippen LogP contribution in [0, 0.1) is 0 Å². The monoisotopic (exact) mass is 336 g/mol. The highest BCUT2D eigenvalue weighted by Gasteiger charge is 2.32. The number of cyclic esters (lactones) is 1. The maximum Gasteiger partial charge on any atom is 0.414 e. The van der Waals surface area contributed by atoms with Crippen LogP contribution in [0.2, 0.25) is 0 Å². The molecule has 1 atom stereocenters. The van der Waals surface area contributed by atoms with Gasteiger partial charge in [-0.2, -0.15) is 0 Å². The van der Waals surface area contributed by atoms with Gasteiger partial charge in [-0.05, 0) is 12.1 Å². The number of amides is 2. The topological polar surface area (TPSA) is 84.9 Å². The Morgan fingerprint density at radius 2 is 2.25 bits per heavy atom. The van der Waals surface area contributed by atoms with Crippen LogP contribution >= 0.6 is 0 Å². The molecule has 0 radical (unpaired) electrons. The Balaban J connectivity index is 2.14. The smallest absolute Gasteiger partial charge is 0.414 e. The van der Waals surface area contributed by atoms with E-state index in [1.807, 2.05) is 0 Å². The van der Waals surface area contributed by atoms with Gasteiger partial charge in [0.2, 0.25) is 5.91 Å². The van der Waals surface area contributed by atoms with Crippen molar-refractivity contribution in [2.45, 2.75) is 13.0 Å². The molecule has 1 saturated heterocycles. The van der Waals surface area contributed by atoms with E-state index in [-0.39, 0.29) is 24.6 Å². The summed E-state index contributed by atoms with van der Waals surface area (Å²) in [5.74, 6) is -1.80. The average Bonchev–Trinajstić information content (AvgIpc) is 2.93. The molecule has 0 aliphatic carbocycles. The third kappa shape index (κ3) is 4.31. The van der Waals surface area contributed by atoms with Crippen LogP contribution in [0.5, 0.6) is 0 Å². The molecule has 24 heavy (non-hydrogen) atoms. The minimum atomic E-state index is -0.811. The Kier molecular flexibility index (Phi) is 5.51. The van der Waals surface area contributed by atoms with Crippen LogP contribution in [0.4, 0.5) is 14.9 Å². The molecule has 0 bridgehead atoms. The fourth-order valence-corrected chi connectivity index (χ4v) is 2.16. The molecule has 0 unspecified atom stereocenters. The molecule has 1 aromatic carbocycles. The Hall–Kier alpha value is -2.90. The van der Waals surface area contributed by atoms with Crippen molar-refractivity contribution in [3.05, 3.63) is 35.9 Å². The van der Waals surface area contributed by atoms with Crippen LogP contribution in [0.25, 0.3) is 5.83 Å². The number of halogens is 1. The minimum absolute atomic E-state index is 0.135. The quantitative estimate of drug-likeness (QED) is 0.652. The van der Waals surface area contributed by atoms with Crippen LogP contribution < -0.4 is 10.2 Å². The van der Waals surface area contributed by atoms with Gasteiger partial charge in [0.25, 0.3) is 0 Å². The number of nitrogens with zero attached hydrogens (tertiary/aromatic N) is 1. The summed E-state index contributed by atoms with van der Waals surface area (Å²) in [4.78, 5) is 35.3. The van der Waals surface area contributed by atoms with Crippen molar-refractivity contribution >= 4 is 29.5 Å². The lowest BCUT2D eigenvalue weighted by atomic mass is 10.1. The SMILES string of the molecule is COC(=O)/C=C(\F)c1cccc(N2C[C@H](CNC(C)=O)OC2=O)c1. The first-order valence-corrected chi connectivity index (χ1v) is 7.19. The zero-order valence-electron chi connectivity index (χ0n) is 13.2. The second-order valence-electron chi connectivity index (χ2n) is 5.12. The number of carbonyl (C=O) groups is 3. The lowest BCUT2D eigenvalue weighted by Crippen LogP contribution is -2.33. The molecule has 2 amide bonds. The number of rotatable bonds is 5. The normalized spacial score (nSPS) is 17.5. The summed E-state index contributed by atoms with van der Waals surface area (Å²) in [6, 6.07) is 6.08. The molecule has 0 aromatic heterocycles. The van der Waals surface area contributed by atoms with Crippen molar-refractivity contribution in [3.63, 3.8) is 0 Å². The molecule has 0 saturated carbocycles. The van der Waals surface area contributed by atoms with E-state index in [1.54, 1.807) is 12.1 Å². The predicted octanol–water partition coefficient (Wildman–Crippen LogP) is 1.63. The van der Waals surface area contributed by atoms with Gasteiger partial charge in [0, 0.05) is 18.2 Å². The molecule has 1 aromatic rings. The molecule has 1 aliphatic heterocycles. The maximum absolute atomic E-state index is 14.0. The van der Waals surface area contributed by atoms with E-state index in [9.17, 15) is 18.8 Å². The molecule has 128 valence electrons. The molecular formula is C16H17FN2O5. The number of carbonyl (C=O) groups excluding carboxylic acids is 3. The Labute approximate surface area is 138 Å². The summed E-state index contributed by atoms with van der Waals surface area (Å²) in [5, 5.41) is 2.57. The van der Waals surface area contributed by atoms with E-state index < -0.39 is 24.0 Å². The predicted molar refractivity (Wildman–Crippen MR) is 83.8 cm³/mol. The van der Waals surface area contributed by atoms with Crippen molar-refractivity contribution in [1.82, 2.24) is 5.32 Å². The standard InChI is InChI=1S/C16H17FN2O5/c1-10(20)18-8-13-9-19(16(22)24-13)12-5-3-4-11(6-12)14(17)7-15(21)23-2/h3-7,13H,8-9H2,1-2H3,(H,18,20)/b14-7-/t13-/m0/s1. The number of esters is 1. The molecule has 1 heterocycles. The van der Waals surface area contributed by atoms with Gasteiger partial charge in [-0.1, -0.05) is 12.1 Å². The van der Waals surface area contributed by atoms with Gasteiger partial charge in [0.1, 0.15) is 11.9 Å². The van der Waals surface area contributed by atoms with Crippen LogP contribution in [-0.4, -0.2) is 44.3 Å². The fraction of sp³-hybridized carbons (Fsp3) is 0.312. The maximum atomic E-state index is 14.0. The Morgan fingerprint density at radius 3 is 2.92 bits per heavy atom. The van der Waals surface area contributed by atoms with Gasteiger partial charge in [-0.3, -0.25) is 9.69 Å². The van der Waals surface area contributed by atoms with Gasteiger partial charge in [-0.15, -0.1) is 0 Å². The van der Waals surface area contributed by atoms with E-state index in [2.05, 4.69) is 10.1 Å². The molecule has 1 fully saturated rings. The number of hydrogen-bond donors (Lipinski definition) is 1. The Morgan fingerprint density at radius 1 is 1.50 bits per heavy atom. The summed E-state index contributed by atoms with van der Waals surface area (Å²) < 4.78 is 23.5. The third-order valence-corrected chi connectivity index (χ3v) is 3.33. The van der Waals surface area contributed by atoms with Gasteiger partial charge in [-0.25, -0.2) is 14.0 Å². The molecule has 1 N–H and O–H groups in total. The number of anilines is 1. The van der Waals surface area contributed by atoms with Crippen LogP contribution in [0.1, 0.15) is 12.5 Å². The molecule has 2 rings (SSSR count). The highest BCUT2D eigenvalue weighted by Crippen LogP contribution is 2.26. The second kappa shape index (κ2) is 7.58. The average molecular weight is 336 g/mol. The lowest BCUT2D eigenvalue weighted by molar-refractivity contribution is -0.134. The number of methoxy groups -OCH3 is 1. The summed E-state index contributed by atoms with van der Waals surface area (Å²) >= 11 is 0. The lowest BCUT2D eigenvalue weighted by Gasteiger charge is -2.14. The molecule has 0 spiro atoms. The number of ether oxygens (including phenoxy) is 2. The number of benzene rings is 1. The summed E-state index contributed by atoms with van der Waals surface area (Å²) in [6.07, 6.45) is -0.346. The molecule has 1 aliphatic rings. The van der Waals surface area contributed by atoms with Crippen molar-refractivity contribution < 1.29 is 28.2 Å². The van der Waals surface area contributed by atoms with Gasteiger partial charge in [0.05, 0.1) is 26.3 Å². The first-order valence-electron chi connectivity index (χ1n) is 7.19. The first-order chi connectivity index (χ1) is 11.4. The van der Waals surface area contributed by atoms with Crippen LogP contribution in [-0.2, 0) is 19.1 Å². The third-order valence-electron chi connectivity index (χ3n) is 3.33. The van der Waals surface area contributed by atoms with E-state index in [1.165, 1.54) is 24.0 Å². The zero-order chi connectivity index (χ0) is 17.7. The fourth-order valence-electron chi connectivity index (χ4n) is 2.16. The minimum Gasteiger partial charge on any atom is -0.466 e.